The molecule has 3 unspecified atom stereocenters. The molecule has 1 heterocycles. The topological polar surface area (TPSA) is 164 Å². The van der Waals surface area contributed by atoms with Crippen LogP contribution in [0.2, 0.25) is 0 Å². The number of carbonyl (C=O) groups is 4. The lowest BCUT2D eigenvalue weighted by molar-refractivity contribution is -0.140. The quantitative estimate of drug-likeness (QED) is 0.0617. The maximum absolute atomic E-state index is 13.7. The van der Waals surface area contributed by atoms with E-state index in [2.05, 4.69) is 22.9 Å². The van der Waals surface area contributed by atoms with Crippen LogP contribution >= 0.6 is 0 Å². The number of rotatable bonds is 23. The number of ether oxygens (including phenoxy) is 3. The third-order valence-corrected chi connectivity index (χ3v) is 7.99. The molecule has 52 heavy (non-hydrogen) atoms. The van der Waals surface area contributed by atoms with Crippen molar-refractivity contribution in [2.24, 2.45) is 5.92 Å². The van der Waals surface area contributed by atoms with Crippen LogP contribution in [0.3, 0.4) is 0 Å². The number of carboxylic acid groups (broad SMARTS) is 2. The zero-order valence-electron chi connectivity index (χ0n) is 30.4. The second-order valence-electron chi connectivity index (χ2n) is 12.0. The Hall–Kier alpha value is -5.16. The average molecular weight is 720 g/mol. The lowest BCUT2D eigenvalue weighted by Crippen LogP contribution is -2.39. The average Bonchev–Trinajstić information content (AvgIpc) is 3.55. The number of amides is 3. The maximum Gasteiger partial charge on any atom is 0.335 e. The molecule has 1 fully saturated rings. The SMILES string of the molecule is C=C(/C=C\C=C=CCNC(=O)NC/C=C\C(=C/COC)CC(=O)N1CC(OC/C=C\C(CCC)C(=O)O)CC1COc1ccc(C(=O)O)cc1)CC. The summed E-state index contributed by atoms with van der Waals surface area (Å²) in [6, 6.07) is 5.37. The first-order chi connectivity index (χ1) is 25.1. The molecule has 1 aliphatic rings. The normalized spacial score (nSPS) is 16.5. The van der Waals surface area contributed by atoms with Gasteiger partial charge in [-0.05, 0) is 61.3 Å². The monoisotopic (exact) mass is 719 g/mol. The van der Waals surface area contributed by atoms with E-state index in [1.54, 1.807) is 66.7 Å². The van der Waals surface area contributed by atoms with E-state index in [0.29, 0.717) is 37.3 Å². The lowest BCUT2D eigenvalue weighted by atomic mass is 10.0. The van der Waals surface area contributed by atoms with Crippen molar-refractivity contribution in [2.45, 2.75) is 58.1 Å². The van der Waals surface area contributed by atoms with E-state index in [9.17, 15) is 29.4 Å². The molecule has 0 bridgehead atoms. The minimum atomic E-state index is -1.04. The molecular formula is C40H53N3O9. The summed E-state index contributed by atoms with van der Waals surface area (Å²) >= 11 is 0. The summed E-state index contributed by atoms with van der Waals surface area (Å²) in [4.78, 5) is 50.3. The van der Waals surface area contributed by atoms with Gasteiger partial charge in [-0.15, -0.1) is 5.73 Å². The molecule has 1 aromatic carbocycles. The van der Waals surface area contributed by atoms with Crippen molar-refractivity contribution in [3.63, 3.8) is 0 Å². The van der Waals surface area contributed by atoms with E-state index in [1.165, 1.54) is 12.1 Å². The minimum absolute atomic E-state index is 0.0664. The summed E-state index contributed by atoms with van der Waals surface area (Å²) in [5, 5.41) is 24.1. The molecule has 0 spiro atoms. The highest BCUT2D eigenvalue weighted by Gasteiger charge is 2.36. The number of hydrogen-bond donors (Lipinski definition) is 4. The number of likely N-dealkylation sites (tertiary alicyclic amines) is 1. The minimum Gasteiger partial charge on any atom is -0.491 e. The first-order valence-electron chi connectivity index (χ1n) is 17.5. The van der Waals surface area contributed by atoms with Crippen LogP contribution in [0, 0.1) is 5.92 Å². The number of nitrogens with zero attached hydrogens (tertiary/aromatic N) is 1. The van der Waals surface area contributed by atoms with Gasteiger partial charge in [-0.3, -0.25) is 9.59 Å². The van der Waals surface area contributed by atoms with E-state index < -0.39 is 17.9 Å². The number of methoxy groups -OCH3 is 1. The summed E-state index contributed by atoms with van der Waals surface area (Å²) in [5.41, 5.74) is 4.82. The molecule has 12 nitrogen and oxygen atoms in total. The number of carboxylic acids is 2. The summed E-state index contributed by atoms with van der Waals surface area (Å²) in [5.74, 6) is -2.18. The highest BCUT2D eigenvalue weighted by Crippen LogP contribution is 2.24. The van der Waals surface area contributed by atoms with Crippen molar-refractivity contribution in [3.8, 4) is 5.75 Å². The van der Waals surface area contributed by atoms with Crippen molar-refractivity contribution in [2.75, 3.05) is 46.6 Å². The molecule has 3 amide bonds. The second-order valence-corrected chi connectivity index (χ2v) is 12.0. The molecule has 0 aliphatic carbocycles. The fraction of sp³-hybridized carbons (Fsp3) is 0.425. The fourth-order valence-electron chi connectivity index (χ4n) is 5.09. The fourth-order valence-corrected chi connectivity index (χ4v) is 5.09. The van der Waals surface area contributed by atoms with Gasteiger partial charge in [0.15, 0.2) is 0 Å². The molecule has 4 N–H and O–H groups in total. The van der Waals surface area contributed by atoms with Crippen LogP contribution in [0.1, 0.15) is 56.3 Å². The van der Waals surface area contributed by atoms with E-state index in [4.69, 9.17) is 14.2 Å². The second kappa shape index (κ2) is 24.9. The largest absolute Gasteiger partial charge is 0.491 e. The third-order valence-electron chi connectivity index (χ3n) is 7.99. The van der Waals surface area contributed by atoms with Crippen molar-refractivity contribution in [1.29, 1.82) is 0 Å². The Morgan fingerprint density at radius 1 is 1.06 bits per heavy atom. The molecule has 2 rings (SSSR count). The number of hydrogen-bond acceptors (Lipinski definition) is 7. The summed E-state index contributed by atoms with van der Waals surface area (Å²) in [6.07, 6.45) is 18.3. The highest BCUT2D eigenvalue weighted by molar-refractivity contribution is 5.87. The highest BCUT2D eigenvalue weighted by atomic mass is 16.5. The van der Waals surface area contributed by atoms with Crippen LogP contribution in [0.5, 0.6) is 5.75 Å². The van der Waals surface area contributed by atoms with Crippen molar-refractivity contribution in [3.05, 3.63) is 108 Å². The maximum atomic E-state index is 13.7. The number of allylic oxidation sites excluding steroid dienone is 4. The molecule has 1 aromatic rings. The van der Waals surface area contributed by atoms with Gasteiger partial charge in [0.05, 0.1) is 43.3 Å². The molecule has 0 saturated carbocycles. The Morgan fingerprint density at radius 2 is 1.81 bits per heavy atom. The predicted octanol–water partition coefficient (Wildman–Crippen LogP) is 5.86. The van der Waals surface area contributed by atoms with E-state index >= 15 is 0 Å². The van der Waals surface area contributed by atoms with Gasteiger partial charge >= 0.3 is 18.0 Å². The van der Waals surface area contributed by atoms with Gasteiger partial charge in [-0.1, -0.05) is 75.0 Å². The molecule has 1 aliphatic heterocycles. The number of nitrogens with one attached hydrogen (secondary N) is 2. The number of carbonyl (C=O) groups excluding carboxylic acids is 2. The van der Waals surface area contributed by atoms with Crippen LogP contribution in [0.15, 0.2) is 102 Å². The van der Waals surface area contributed by atoms with Crippen molar-refractivity contribution >= 4 is 23.9 Å². The smallest absolute Gasteiger partial charge is 0.335 e. The van der Waals surface area contributed by atoms with E-state index in [-0.39, 0.29) is 62.4 Å². The summed E-state index contributed by atoms with van der Waals surface area (Å²) < 4.78 is 17.2. The molecular weight excluding hydrogens is 666 g/mol. The predicted molar refractivity (Wildman–Crippen MR) is 200 cm³/mol. The number of aliphatic carboxylic acids is 1. The number of urea groups is 1. The van der Waals surface area contributed by atoms with Gasteiger partial charge in [-0.2, -0.15) is 0 Å². The zero-order valence-corrected chi connectivity index (χ0v) is 30.4. The van der Waals surface area contributed by atoms with Crippen LogP contribution in [-0.4, -0.2) is 97.7 Å². The standard InChI is InChI=1S/C40H53N3O9/c1-5-13-32(38(45)46)16-12-24-51-36-27-34(29-52-35-19-17-33(18-20-35)39(47)48)43(28-36)37(44)26-31(21-25-50-4)15-11-23-42-40(49)41-22-10-8-7-9-14-30(3)6-2/h7,9-12,14-21,32,34,36H,3,5-6,13,22-29H2,1-2,4H3,(H,45,46)(H,47,48)(H2,41,42,49)/b14-9-,15-11-,16-12-,31-21+. The summed E-state index contributed by atoms with van der Waals surface area (Å²) in [6.45, 7) is 9.35. The first kappa shape index (κ1) is 43.0. The number of benzene rings is 1. The van der Waals surface area contributed by atoms with Gasteiger partial charge in [0.25, 0.3) is 0 Å². The Balaban J connectivity index is 2.03. The Morgan fingerprint density at radius 3 is 2.48 bits per heavy atom. The zero-order chi connectivity index (χ0) is 38.1. The molecule has 12 heteroatoms. The Kier molecular flexibility index (Phi) is 20.6. The van der Waals surface area contributed by atoms with E-state index in [0.717, 1.165) is 18.4 Å². The molecule has 1 saturated heterocycles. The lowest BCUT2D eigenvalue weighted by Gasteiger charge is -2.25. The van der Waals surface area contributed by atoms with Crippen molar-refractivity contribution in [1.82, 2.24) is 15.5 Å². The van der Waals surface area contributed by atoms with Gasteiger partial charge in [-0.25, -0.2) is 9.59 Å². The van der Waals surface area contributed by atoms with Gasteiger partial charge in [0.2, 0.25) is 5.91 Å². The third kappa shape index (κ3) is 17.2. The number of aromatic carboxylic acids is 1. The van der Waals surface area contributed by atoms with Gasteiger partial charge in [0.1, 0.15) is 12.4 Å². The van der Waals surface area contributed by atoms with Crippen LogP contribution in [-0.2, 0) is 19.1 Å². The summed E-state index contributed by atoms with van der Waals surface area (Å²) in [7, 11) is 1.56. The molecule has 282 valence electrons. The van der Waals surface area contributed by atoms with Crippen molar-refractivity contribution < 1.29 is 43.6 Å². The van der Waals surface area contributed by atoms with Crippen LogP contribution in [0.4, 0.5) is 4.79 Å². The Bertz CT molecular complexity index is 1500. The first-order valence-corrected chi connectivity index (χ1v) is 17.5. The Labute approximate surface area is 306 Å². The van der Waals surface area contributed by atoms with Crippen LogP contribution in [0.25, 0.3) is 0 Å². The van der Waals surface area contributed by atoms with E-state index in [1.807, 2.05) is 26.0 Å². The molecule has 3 atom stereocenters. The molecule has 0 aromatic heterocycles. The molecule has 0 radical (unpaired) electrons. The van der Waals surface area contributed by atoms with Gasteiger partial charge < -0.3 is 40.0 Å². The van der Waals surface area contributed by atoms with Gasteiger partial charge in [0, 0.05) is 26.7 Å². The van der Waals surface area contributed by atoms with Crippen LogP contribution < -0.4 is 15.4 Å².